The Hall–Kier alpha value is -0.240. The van der Waals surface area contributed by atoms with Crippen LogP contribution in [0.5, 0.6) is 0 Å². The maximum Gasteiger partial charge on any atom is 0.186 e. The highest BCUT2D eigenvalue weighted by Crippen LogP contribution is 2.41. The molecule has 110 valence electrons. The maximum atomic E-state index is 5.98. The van der Waals surface area contributed by atoms with E-state index in [1.54, 1.807) is 7.11 Å². The van der Waals surface area contributed by atoms with Crippen LogP contribution in [0, 0.1) is 0 Å². The lowest BCUT2D eigenvalue weighted by molar-refractivity contribution is -0.368. The van der Waals surface area contributed by atoms with Crippen molar-refractivity contribution in [1.82, 2.24) is 0 Å². The van der Waals surface area contributed by atoms with Crippen LogP contribution in [0.4, 0.5) is 0 Å². The molecular weight excluding hydrogens is 252 g/mol. The lowest BCUT2D eigenvalue weighted by Gasteiger charge is -2.48. The monoisotopic (exact) mass is 274 g/mol. The molecule has 3 fully saturated rings. The molecule has 0 aliphatic carbocycles. The second kappa shape index (κ2) is 4.38. The predicted molar refractivity (Wildman–Crippen MR) is 64.4 cm³/mol. The summed E-state index contributed by atoms with van der Waals surface area (Å²) in [6.07, 6.45) is -1.35. The molecule has 19 heavy (non-hydrogen) atoms. The molecule has 0 amide bonds. The van der Waals surface area contributed by atoms with Gasteiger partial charge in [0.05, 0.1) is 6.61 Å². The van der Waals surface area contributed by atoms with Gasteiger partial charge in [0.1, 0.15) is 24.4 Å². The second-order valence-electron chi connectivity index (χ2n) is 6.14. The van der Waals surface area contributed by atoms with Crippen LogP contribution in [-0.2, 0) is 28.4 Å². The summed E-state index contributed by atoms with van der Waals surface area (Å²) in [5, 5.41) is 0. The Kier molecular flexibility index (Phi) is 3.16. The normalized spacial score (nSPS) is 47.5. The fourth-order valence-corrected chi connectivity index (χ4v) is 2.93. The first-order valence-corrected chi connectivity index (χ1v) is 6.67. The van der Waals surface area contributed by atoms with Crippen LogP contribution in [0.25, 0.3) is 0 Å². The molecule has 6 heteroatoms. The van der Waals surface area contributed by atoms with Gasteiger partial charge in [0, 0.05) is 7.11 Å². The Morgan fingerprint density at radius 3 is 2.21 bits per heavy atom. The fourth-order valence-electron chi connectivity index (χ4n) is 2.93. The van der Waals surface area contributed by atoms with Crippen LogP contribution in [-0.4, -0.2) is 56.0 Å². The molecule has 3 rings (SSSR count). The highest BCUT2D eigenvalue weighted by Gasteiger charge is 2.58. The summed E-state index contributed by atoms with van der Waals surface area (Å²) >= 11 is 0. The molecule has 0 N–H and O–H groups in total. The molecule has 0 bridgehead atoms. The minimum Gasteiger partial charge on any atom is -0.353 e. The average molecular weight is 274 g/mol. The Morgan fingerprint density at radius 1 is 0.895 bits per heavy atom. The van der Waals surface area contributed by atoms with Crippen molar-refractivity contribution >= 4 is 0 Å². The summed E-state index contributed by atoms with van der Waals surface area (Å²) in [6.45, 7) is 8.02. The van der Waals surface area contributed by atoms with Gasteiger partial charge in [0.2, 0.25) is 0 Å². The number of hydrogen-bond acceptors (Lipinski definition) is 6. The highest BCUT2D eigenvalue weighted by molar-refractivity contribution is 4.99. The van der Waals surface area contributed by atoms with Gasteiger partial charge in [-0.1, -0.05) is 0 Å². The lowest BCUT2D eigenvalue weighted by atomic mass is 9.97. The summed E-state index contributed by atoms with van der Waals surface area (Å²) in [5.74, 6) is -1.29. The van der Waals surface area contributed by atoms with Gasteiger partial charge >= 0.3 is 0 Å². The van der Waals surface area contributed by atoms with Crippen LogP contribution in [0.2, 0.25) is 0 Å². The Balaban J connectivity index is 1.85. The Labute approximate surface area is 113 Å². The number of hydrogen-bond donors (Lipinski definition) is 0. The van der Waals surface area contributed by atoms with Crippen molar-refractivity contribution in [2.24, 2.45) is 0 Å². The minimum atomic E-state index is -0.657. The number of methoxy groups -OCH3 is 1. The van der Waals surface area contributed by atoms with E-state index in [1.165, 1.54) is 0 Å². The van der Waals surface area contributed by atoms with E-state index >= 15 is 0 Å². The van der Waals surface area contributed by atoms with E-state index in [0.717, 1.165) is 0 Å². The van der Waals surface area contributed by atoms with E-state index in [1.807, 2.05) is 27.7 Å². The van der Waals surface area contributed by atoms with Crippen molar-refractivity contribution in [3.63, 3.8) is 0 Å². The molecule has 0 radical (unpaired) electrons. The largest absolute Gasteiger partial charge is 0.353 e. The average Bonchev–Trinajstić information content (AvgIpc) is 2.63. The molecular formula is C13H22O6. The minimum absolute atomic E-state index is 0.197. The summed E-state index contributed by atoms with van der Waals surface area (Å²) in [7, 11) is 1.60. The molecule has 0 unspecified atom stereocenters. The van der Waals surface area contributed by atoms with Gasteiger partial charge in [0.15, 0.2) is 17.9 Å². The molecule has 3 aliphatic heterocycles. The third kappa shape index (κ3) is 2.41. The lowest BCUT2D eigenvalue weighted by Crippen LogP contribution is -2.63. The summed E-state index contributed by atoms with van der Waals surface area (Å²) in [4.78, 5) is 0. The first-order chi connectivity index (χ1) is 8.81. The van der Waals surface area contributed by atoms with Gasteiger partial charge in [-0.15, -0.1) is 0 Å². The van der Waals surface area contributed by atoms with Crippen molar-refractivity contribution in [2.75, 3.05) is 13.7 Å². The van der Waals surface area contributed by atoms with E-state index in [-0.39, 0.29) is 24.4 Å². The summed E-state index contributed by atoms with van der Waals surface area (Å²) in [6, 6.07) is 0. The molecule has 0 aromatic heterocycles. The maximum absolute atomic E-state index is 5.98. The van der Waals surface area contributed by atoms with Gasteiger partial charge in [-0.25, -0.2) is 0 Å². The molecule has 0 aromatic rings. The highest BCUT2D eigenvalue weighted by atomic mass is 16.8. The smallest absolute Gasteiger partial charge is 0.186 e. The molecule has 0 spiro atoms. The van der Waals surface area contributed by atoms with Crippen molar-refractivity contribution in [3.05, 3.63) is 0 Å². The topological polar surface area (TPSA) is 55.4 Å². The summed E-state index contributed by atoms with van der Waals surface area (Å²) in [5.41, 5.74) is 0. The standard InChI is InChI=1S/C13H22O6/c1-12(2)15-6-7-8(17-12)9-10(11(14-5)16-7)19-13(3,4)18-9/h7-11H,6H2,1-5H3/t7-,8-,9+,10-,11+/m1/s1. The van der Waals surface area contributed by atoms with E-state index in [0.29, 0.717) is 6.61 Å². The van der Waals surface area contributed by atoms with E-state index in [4.69, 9.17) is 28.4 Å². The number of ether oxygens (including phenoxy) is 6. The van der Waals surface area contributed by atoms with Crippen molar-refractivity contribution < 1.29 is 28.4 Å². The van der Waals surface area contributed by atoms with Crippen LogP contribution in [0.15, 0.2) is 0 Å². The Morgan fingerprint density at radius 2 is 1.53 bits per heavy atom. The molecule has 3 aliphatic rings. The third-order valence-corrected chi connectivity index (χ3v) is 3.68. The number of rotatable bonds is 1. The molecule has 0 aromatic carbocycles. The molecule has 5 atom stereocenters. The van der Waals surface area contributed by atoms with Crippen LogP contribution >= 0.6 is 0 Å². The second-order valence-corrected chi connectivity index (χ2v) is 6.14. The van der Waals surface area contributed by atoms with Crippen molar-refractivity contribution in [2.45, 2.75) is 70.0 Å². The van der Waals surface area contributed by atoms with Crippen molar-refractivity contribution in [1.29, 1.82) is 0 Å². The van der Waals surface area contributed by atoms with E-state index in [9.17, 15) is 0 Å². The number of fused-ring (bicyclic) bond motifs is 3. The van der Waals surface area contributed by atoms with Gasteiger partial charge < -0.3 is 28.4 Å². The van der Waals surface area contributed by atoms with Crippen LogP contribution in [0.3, 0.4) is 0 Å². The molecule has 3 saturated heterocycles. The van der Waals surface area contributed by atoms with E-state index in [2.05, 4.69) is 0 Å². The molecule has 3 heterocycles. The zero-order valence-corrected chi connectivity index (χ0v) is 12.0. The van der Waals surface area contributed by atoms with Gasteiger partial charge in [-0.05, 0) is 27.7 Å². The third-order valence-electron chi connectivity index (χ3n) is 3.68. The van der Waals surface area contributed by atoms with Gasteiger partial charge in [0.25, 0.3) is 0 Å². The molecule has 6 nitrogen and oxygen atoms in total. The van der Waals surface area contributed by atoms with Crippen LogP contribution in [0.1, 0.15) is 27.7 Å². The first kappa shape index (κ1) is 13.7. The van der Waals surface area contributed by atoms with Gasteiger partial charge in [-0.3, -0.25) is 0 Å². The molecule has 0 saturated carbocycles. The first-order valence-electron chi connectivity index (χ1n) is 6.67. The van der Waals surface area contributed by atoms with Gasteiger partial charge in [-0.2, -0.15) is 0 Å². The van der Waals surface area contributed by atoms with Crippen molar-refractivity contribution in [3.8, 4) is 0 Å². The van der Waals surface area contributed by atoms with Crippen LogP contribution < -0.4 is 0 Å². The zero-order valence-electron chi connectivity index (χ0n) is 12.0. The van der Waals surface area contributed by atoms with E-state index < -0.39 is 17.9 Å². The fraction of sp³-hybridized carbons (Fsp3) is 1.00. The predicted octanol–water partition coefficient (Wildman–Crippen LogP) is 1.03. The quantitative estimate of drug-likeness (QED) is 0.712. The Bertz CT molecular complexity index is 355. The summed E-state index contributed by atoms with van der Waals surface area (Å²) < 4.78 is 34.7. The SMILES string of the molecule is CO[C@H]1O[C@@H]2COC(C)(C)O[C@H]2[C@@H]2OC(C)(C)O[C@@H]12. The zero-order chi connectivity index (χ0) is 13.8.